The lowest BCUT2D eigenvalue weighted by atomic mass is 10.1. The molecule has 3 aromatic rings. The van der Waals surface area contributed by atoms with Crippen molar-refractivity contribution in [2.24, 2.45) is 0 Å². The largest absolute Gasteiger partial charge is 0.324 e. The molecule has 1 heterocycles. The standard InChI is InChI=1S/C19H16F2N4O/c1-11-6-7-15(12(2)10-11)23-19-22-9-8-16(24-19)18(26)25-17-13(20)4-3-5-14(17)21/h3-10H,1-2H3,(H,25,26)(H,22,23,24). The molecule has 3 rings (SSSR count). The zero-order valence-corrected chi connectivity index (χ0v) is 14.2. The van der Waals surface area contributed by atoms with Crippen LogP contribution in [-0.4, -0.2) is 15.9 Å². The molecule has 0 bridgehead atoms. The molecule has 0 spiro atoms. The monoisotopic (exact) mass is 354 g/mol. The maximum absolute atomic E-state index is 13.7. The van der Waals surface area contributed by atoms with Gasteiger partial charge in [-0.25, -0.2) is 18.7 Å². The lowest BCUT2D eigenvalue weighted by Crippen LogP contribution is -2.16. The molecule has 0 saturated heterocycles. The minimum Gasteiger partial charge on any atom is -0.324 e. The fourth-order valence-electron chi connectivity index (χ4n) is 2.41. The summed E-state index contributed by atoms with van der Waals surface area (Å²) in [5, 5.41) is 5.23. The van der Waals surface area contributed by atoms with Crippen molar-refractivity contribution in [2.45, 2.75) is 13.8 Å². The molecule has 0 radical (unpaired) electrons. The van der Waals surface area contributed by atoms with E-state index in [4.69, 9.17) is 0 Å². The number of benzene rings is 2. The Morgan fingerprint density at radius 1 is 1.04 bits per heavy atom. The van der Waals surface area contributed by atoms with Crippen LogP contribution in [0.15, 0.2) is 48.7 Å². The highest BCUT2D eigenvalue weighted by Gasteiger charge is 2.15. The highest BCUT2D eigenvalue weighted by Crippen LogP contribution is 2.21. The van der Waals surface area contributed by atoms with E-state index in [1.54, 1.807) is 0 Å². The SMILES string of the molecule is Cc1ccc(Nc2nccc(C(=O)Nc3c(F)cccc3F)n2)c(C)c1. The van der Waals surface area contributed by atoms with Crippen LogP contribution >= 0.6 is 0 Å². The van der Waals surface area contributed by atoms with Crippen molar-refractivity contribution in [3.05, 3.63) is 77.1 Å². The summed E-state index contributed by atoms with van der Waals surface area (Å²) in [6.07, 6.45) is 1.39. The van der Waals surface area contributed by atoms with Gasteiger partial charge in [0.05, 0.1) is 0 Å². The molecule has 5 nitrogen and oxygen atoms in total. The Balaban J connectivity index is 1.81. The number of aryl methyl sites for hydroxylation is 2. The molecule has 1 amide bonds. The van der Waals surface area contributed by atoms with E-state index in [9.17, 15) is 13.6 Å². The molecule has 0 aliphatic rings. The molecule has 1 aromatic heterocycles. The van der Waals surface area contributed by atoms with Crippen molar-refractivity contribution < 1.29 is 13.6 Å². The van der Waals surface area contributed by atoms with E-state index in [2.05, 4.69) is 20.6 Å². The van der Waals surface area contributed by atoms with Crippen molar-refractivity contribution in [1.82, 2.24) is 9.97 Å². The molecule has 2 N–H and O–H groups in total. The summed E-state index contributed by atoms with van der Waals surface area (Å²) in [5.74, 6) is -2.25. The van der Waals surface area contributed by atoms with Crippen LogP contribution < -0.4 is 10.6 Å². The molecular formula is C19H16F2N4O. The number of carbonyl (C=O) groups excluding carboxylic acids is 1. The van der Waals surface area contributed by atoms with Crippen LogP contribution in [0.5, 0.6) is 0 Å². The van der Waals surface area contributed by atoms with Gasteiger partial charge in [0.2, 0.25) is 5.95 Å². The van der Waals surface area contributed by atoms with Crippen LogP contribution in [0.2, 0.25) is 0 Å². The van der Waals surface area contributed by atoms with E-state index in [0.29, 0.717) is 0 Å². The number of para-hydroxylation sites is 1. The van der Waals surface area contributed by atoms with Gasteiger partial charge in [-0.05, 0) is 43.7 Å². The van der Waals surface area contributed by atoms with Gasteiger partial charge < -0.3 is 10.6 Å². The average molecular weight is 354 g/mol. The molecule has 132 valence electrons. The first-order valence-electron chi connectivity index (χ1n) is 7.87. The third-order valence-electron chi connectivity index (χ3n) is 3.72. The minimum absolute atomic E-state index is 0.0186. The summed E-state index contributed by atoms with van der Waals surface area (Å²) in [4.78, 5) is 20.5. The summed E-state index contributed by atoms with van der Waals surface area (Å²) >= 11 is 0. The van der Waals surface area contributed by atoms with E-state index in [-0.39, 0.29) is 11.6 Å². The highest BCUT2D eigenvalue weighted by atomic mass is 19.1. The second-order valence-corrected chi connectivity index (χ2v) is 5.76. The predicted octanol–water partition coefficient (Wildman–Crippen LogP) is 4.37. The van der Waals surface area contributed by atoms with E-state index >= 15 is 0 Å². The van der Waals surface area contributed by atoms with Gasteiger partial charge in [0.15, 0.2) is 0 Å². The molecule has 0 fully saturated rings. The second kappa shape index (κ2) is 7.26. The summed E-state index contributed by atoms with van der Waals surface area (Å²) in [5.41, 5.74) is 2.38. The van der Waals surface area contributed by atoms with Gasteiger partial charge >= 0.3 is 0 Å². The zero-order chi connectivity index (χ0) is 18.7. The number of nitrogens with one attached hydrogen (secondary N) is 2. The Morgan fingerprint density at radius 2 is 1.77 bits per heavy atom. The van der Waals surface area contributed by atoms with Gasteiger partial charge in [-0.3, -0.25) is 4.79 Å². The fourth-order valence-corrected chi connectivity index (χ4v) is 2.41. The van der Waals surface area contributed by atoms with Gasteiger partial charge in [0, 0.05) is 11.9 Å². The lowest BCUT2D eigenvalue weighted by Gasteiger charge is -2.10. The third-order valence-corrected chi connectivity index (χ3v) is 3.72. The first-order chi connectivity index (χ1) is 12.4. The van der Waals surface area contributed by atoms with Crippen LogP contribution in [-0.2, 0) is 0 Å². The Labute approximate surface area is 149 Å². The Bertz CT molecular complexity index is 955. The van der Waals surface area contributed by atoms with Crippen molar-refractivity contribution in [3.8, 4) is 0 Å². The number of nitrogens with zero attached hydrogens (tertiary/aromatic N) is 2. The lowest BCUT2D eigenvalue weighted by molar-refractivity contribution is 0.102. The van der Waals surface area contributed by atoms with Crippen LogP contribution in [0.3, 0.4) is 0 Å². The number of hydrogen-bond donors (Lipinski definition) is 2. The minimum atomic E-state index is -0.860. The molecule has 2 aromatic carbocycles. The quantitative estimate of drug-likeness (QED) is 0.730. The van der Waals surface area contributed by atoms with Gasteiger partial charge in [-0.1, -0.05) is 23.8 Å². The molecule has 7 heteroatoms. The topological polar surface area (TPSA) is 66.9 Å². The Hall–Kier alpha value is -3.35. The number of carbonyl (C=O) groups is 1. The Kier molecular flexibility index (Phi) is 4.88. The molecule has 0 saturated carbocycles. The number of rotatable bonds is 4. The smallest absolute Gasteiger partial charge is 0.274 e. The summed E-state index contributed by atoms with van der Waals surface area (Å²) in [6.45, 7) is 3.92. The number of aromatic nitrogens is 2. The molecular weight excluding hydrogens is 338 g/mol. The van der Waals surface area contributed by atoms with Gasteiger partial charge in [-0.2, -0.15) is 0 Å². The summed E-state index contributed by atoms with van der Waals surface area (Å²) in [7, 11) is 0. The van der Waals surface area contributed by atoms with Gasteiger partial charge in [0.25, 0.3) is 5.91 Å². The first kappa shape index (κ1) is 17.5. The normalized spacial score (nSPS) is 10.5. The zero-order valence-electron chi connectivity index (χ0n) is 14.2. The fraction of sp³-hybridized carbons (Fsp3) is 0.105. The van der Waals surface area contributed by atoms with Gasteiger partial charge in [-0.15, -0.1) is 0 Å². The van der Waals surface area contributed by atoms with E-state index in [1.807, 2.05) is 32.0 Å². The molecule has 0 unspecified atom stereocenters. The summed E-state index contributed by atoms with van der Waals surface area (Å²) < 4.78 is 27.3. The molecule has 26 heavy (non-hydrogen) atoms. The van der Waals surface area contributed by atoms with E-state index in [1.165, 1.54) is 18.3 Å². The first-order valence-corrected chi connectivity index (χ1v) is 7.87. The summed E-state index contributed by atoms with van der Waals surface area (Å²) in [6, 6.07) is 10.5. The molecule has 0 atom stereocenters. The van der Waals surface area contributed by atoms with Crippen molar-refractivity contribution >= 4 is 23.2 Å². The maximum Gasteiger partial charge on any atom is 0.274 e. The average Bonchev–Trinajstić information content (AvgIpc) is 2.61. The maximum atomic E-state index is 13.7. The number of hydrogen-bond acceptors (Lipinski definition) is 4. The van der Waals surface area contributed by atoms with Gasteiger partial charge in [0.1, 0.15) is 23.0 Å². The molecule has 0 aliphatic heterocycles. The van der Waals surface area contributed by atoms with Crippen LogP contribution in [0.4, 0.5) is 26.1 Å². The van der Waals surface area contributed by atoms with Crippen molar-refractivity contribution in [2.75, 3.05) is 10.6 Å². The predicted molar refractivity (Wildman–Crippen MR) is 95.5 cm³/mol. The van der Waals surface area contributed by atoms with Crippen LogP contribution in [0.1, 0.15) is 21.6 Å². The number of halogens is 2. The second-order valence-electron chi connectivity index (χ2n) is 5.76. The molecule has 0 aliphatic carbocycles. The third kappa shape index (κ3) is 3.83. The van der Waals surface area contributed by atoms with Crippen LogP contribution in [0.25, 0.3) is 0 Å². The highest BCUT2D eigenvalue weighted by molar-refractivity contribution is 6.03. The Morgan fingerprint density at radius 3 is 2.46 bits per heavy atom. The number of amides is 1. The van der Waals surface area contributed by atoms with E-state index in [0.717, 1.165) is 28.9 Å². The van der Waals surface area contributed by atoms with Crippen molar-refractivity contribution in [3.63, 3.8) is 0 Å². The van der Waals surface area contributed by atoms with Crippen LogP contribution in [0, 0.1) is 25.5 Å². The van der Waals surface area contributed by atoms with E-state index < -0.39 is 23.2 Å². The number of anilines is 3. The van der Waals surface area contributed by atoms with Crippen molar-refractivity contribution in [1.29, 1.82) is 0 Å².